The number of carboxylic acid groups (broad SMARTS) is 1. The molecule has 66 valence electrons. The van der Waals surface area contributed by atoms with Crippen molar-refractivity contribution >= 4 is 32.8 Å². The van der Waals surface area contributed by atoms with Crippen LogP contribution in [0.25, 0.3) is 10.9 Å². The fourth-order valence-electron chi connectivity index (χ4n) is 1.12. The molecule has 5 heteroatoms. The quantitative estimate of drug-likeness (QED) is 0.750. The van der Waals surface area contributed by atoms with E-state index in [2.05, 4.69) is 25.9 Å². The van der Waals surface area contributed by atoms with Gasteiger partial charge in [0.2, 0.25) is 0 Å². The van der Waals surface area contributed by atoms with E-state index in [1.165, 1.54) is 0 Å². The van der Waals surface area contributed by atoms with E-state index in [-0.39, 0.29) is 5.69 Å². The number of aromatic amines is 1. The zero-order chi connectivity index (χ0) is 9.42. The van der Waals surface area contributed by atoms with Gasteiger partial charge >= 0.3 is 5.97 Å². The summed E-state index contributed by atoms with van der Waals surface area (Å²) in [6.07, 6.45) is 1.59. The van der Waals surface area contributed by atoms with Crippen molar-refractivity contribution in [2.75, 3.05) is 0 Å². The highest BCUT2D eigenvalue weighted by atomic mass is 79.9. The third-order valence-electron chi connectivity index (χ3n) is 1.70. The van der Waals surface area contributed by atoms with E-state index in [4.69, 9.17) is 5.11 Å². The summed E-state index contributed by atoms with van der Waals surface area (Å²) in [7, 11) is 0. The summed E-state index contributed by atoms with van der Waals surface area (Å²) in [5, 5.41) is 9.52. The largest absolute Gasteiger partial charge is 0.477 e. The molecule has 4 nitrogen and oxygen atoms in total. The summed E-state index contributed by atoms with van der Waals surface area (Å²) in [5.74, 6) is -0.965. The Morgan fingerprint density at radius 2 is 2.31 bits per heavy atom. The van der Waals surface area contributed by atoms with Gasteiger partial charge in [-0.3, -0.25) is 0 Å². The summed E-state index contributed by atoms with van der Waals surface area (Å²) in [6.45, 7) is 0. The normalized spacial score (nSPS) is 10.5. The van der Waals surface area contributed by atoms with Crippen LogP contribution in [0.1, 0.15) is 10.5 Å². The van der Waals surface area contributed by atoms with E-state index < -0.39 is 5.97 Å². The number of pyridine rings is 1. The molecule has 0 radical (unpaired) electrons. The Labute approximate surface area is 81.7 Å². The summed E-state index contributed by atoms with van der Waals surface area (Å²) in [6, 6.07) is 3.34. The molecule has 0 saturated heterocycles. The zero-order valence-electron chi connectivity index (χ0n) is 6.41. The van der Waals surface area contributed by atoms with Gasteiger partial charge in [0.25, 0.3) is 0 Å². The molecule has 0 saturated carbocycles. The monoisotopic (exact) mass is 240 g/mol. The van der Waals surface area contributed by atoms with Gasteiger partial charge in [0.05, 0.1) is 11.7 Å². The predicted molar refractivity (Wildman–Crippen MR) is 50.8 cm³/mol. The summed E-state index contributed by atoms with van der Waals surface area (Å²) < 4.78 is 0.691. The van der Waals surface area contributed by atoms with E-state index in [1.54, 1.807) is 18.3 Å². The molecule has 2 heterocycles. The van der Waals surface area contributed by atoms with Crippen molar-refractivity contribution in [1.82, 2.24) is 9.97 Å². The van der Waals surface area contributed by atoms with Crippen molar-refractivity contribution in [3.63, 3.8) is 0 Å². The molecule has 0 unspecified atom stereocenters. The smallest absolute Gasteiger partial charge is 0.352 e. The number of halogens is 1. The average Bonchev–Trinajstić information content (AvgIpc) is 2.46. The molecule has 0 aliphatic heterocycles. The number of aromatic nitrogens is 2. The molecule has 2 aromatic heterocycles. The van der Waals surface area contributed by atoms with Gasteiger partial charge in [-0.15, -0.1) is 0 Å². The SMILES string of the molecule is O=C(O)c1cc2cc(Br)ncc2[nH]1. The molecule has 0 aromatic carbocycles. The number of hydrogen-bond acceptors (Lipinski definition) is 2. The minimum atomic E-state index is -0.965. The fraction of sp³-hybridized carbons (Fsp3) is 0. The van der Waals surface area contributed by atoms with Gasteiger partial charge in [0.1, 0.15) is 10.3 Å². The van der Waals surface area contributed by atoms with E-state index in [9.17, 15) is 4.79 Å². The predicted octanol–water partition coefficient (Wildman–Crippen LogP) is 2.02. The molecule has 0 bridgehead atoms. The lowest BCUT2D eigenvalue weighted by Crippen LogP contribution is -1.94. The van der Waals surface area contributed by atoms with Crippen LogP contribution in [-0.4, -0.2) is 21.0 Å². The van der Waals surface area contributed by atoms with Crippen LogP contribution in [0, 0.1) is 0 Å². The summed E-state index contributed by atoms with van der Waals surface area (Å²) in [5.41, 5.74) is 0.899. The molecule has 2 N–H and O–H groups in total. The molecule has 0 fully saturated rings. The van der Waals surface area contributed by atoms with E-state index in [1.807, 2.05) is 0 Å². The van der Waals surface area contributed by atoms with Crippen molar-refractivity contribution in [1.29, 1.82) is 0 Å². The molecule has 13 heavy (non-hydrogen) atoms. The van der Waals surface area contributed by atoms with Gasteiger partial charge < -0.3 is 10.1 Å². The Hall–Kier alpha value is -1.36. The second kappa shape index (κ2) is 2.85. The molecule has 2 aromatic rings. The third kappa shape index (κ3) is 1.42. The first-order valence-corrected chi connectivity index (χ1v) is 4.33. The molecule has 0 spiro atoms. The Balaban J connectivity index is 2.68. The second-order valence-corrected chi connectivity index (χ2v) is 3.39. The molecular weight excluding hydrogens is 236 g/mol. The van der Waals surface area contributed by atoms with Crippen molar-refractivity contribution in [3.05, 3.63) is 28.6 Å². The number of rotatable bonds is 1. The Morgan fingerprint density at radius 3 is 3.00 bits per heavy atom. The lowest BCUT2D eigenvalue weighted by Gasteiger charge is -1.88. The van der Waals surface area contributed by atoms with Crippen molar-refractivity contribution in [2.45, 2.75) is 0 Å². The molecule has 0 atom stereocenters. The van der Waals surface area contributed by atoms with E-state index >= 15 is 0 Å². The van der Waals surface area contributed by atoms with Crippen LogP contribution in [0.3, 0.4) is 0 Å². The first-order chi connectivity index (χ1) is 6.16. The maximum absolute atomic E-state index is 10.6. The second-order valence-electron chi connectivity index (χ2n) is 2.58. The van der Waals surface area contributed by atoms with Crippen LogP contribution in [0.4, 0.5) is 0 Å². The van der Waals surface area contributed by atoms with Crippen molar-refractivity contribution in [2.24, 2.45) is 0 Å². The van der Waals surface area contributed by atoms with Crippen LogP contribution in [0.5, 0.6) is 0 Å². The Morgan fingerprint density at radius 1 is 1.54 bits per heavy atom. The lowest BCUT2D eigenvalue weighted by molar-refractivity contribution is 0.0691. The van der Waals surface area contributed by atoms with Gasteiger partial charge in [-0.1, -0.05) is 0 Å². The first-order valence-electron chi connectivity index (χ1n) is 3.54. The summed E-state index contributed by atoms with van der Waals surface area (Å²) in [4.78, 5) is 17.3. The first kappa shape index (κ1) is 8.25. The van der Waals surface area contributed by atoms with Crippen LogP contribution in [0.15, 0.2) is 22.9 Å². The molecule has 0 amide bonds. The number of carbonyl (C=O) groups is 1. The highest BCUT2D eigenvalue weighted by Gasteiger charge is 2.07. The molecule has 0 aliphatic rings. The molecular formula is C8H5BrN2O2. The minimum absolute atomic E-state index is 0.176. The molecule has 2 rings (SSSR count). The van der Waals surface area contributed by atoms with Gasteiger partial charge in [0.15, 0.2) is 0 Å². The van der Waals surface area contributed by atoms with Gasteiger partial charge in [-0.05, 0) is 28.1 Å². The zero-order valence-corrected chi connectivity index (χ0v) is 8.00. The van der Waals surface area contributed by atoms with Gasteiger partial charge in [-0.25, -0.2) is 9.78 Å². The average molecular weight is 241 g/mol. The Kier molecular flexibility index (Phi) is 1.81. The van der Waals surface area contributed by atoms with Crippen molar-refractivity contribution in [3.8, 4) is 0 Å². The highest BCUT2D eigenvalue weighted by molar-refractivity contribution is 9.10. The maximum Gasteiger partial charge on any atom is 0.352 e. The Bertz CT molecular complexity index is 478. The fourth-order valence-corrected chi connectivity index (χ4v) is 1.47. The highest BCUT2D eigenvalue weighted by Crippen LogP contribution is 2.17. The van der Waals surface area contributed by atoms with Gasteiger partial charge in [-0.2, -0.15) is 0 Å². The standard InChI is InChI=1S/C8H5BrN2O2/c9-7-2-4-1-5(8(12)13)11-6(4)3-10-7/h1-3,11H,(H,12,13). The van der Waals surface area contributed by atoms with E-state index in [0.29, 0.717) is 4.60 Å². The lowest BCUT2D eigenvalue weighted by atomic mass is 10.3. The van der Waals surface area contributed by atoms with Gasteiger partial charge in [0, 0.05) is 5.39 Å². The minimum Gasteiger partial charge on any atom is -0.477 e. The van der Waals surface area contributed by atoms with Crippen LogP contribution in [-0.2, 0) is 0 Å². The number of nitrogens with one attached hydrogen (secondary N) is 1. The van der Waals surface area contributed by atoms with Crippen LogP contribution < -0.4 is 0 Å². The number of aromatic carboxylic acids is 1. The number of hydrogen-bond donors (Lipinski definition) is 2. The maximum atomic E-state index is 10.6. The number of fused-ring (bicyclic) bond motifs is 1. The number of carboxylic acids is 1. The van der Waals surface area contributed by atoms with E-state index in [0.717, 1.165) is 10.9 Å². The molecule has 0 aliphatic carbocycles. The van der Waals surface area contributed by atoms with Crippen LogP contribution in [0.2, 0.25) is 0 Å². The van der Waals surface area contributed by atoms with Crippen molar-refractivity contribution < 1.29 is 9.90 Å². The van der Waals surface area contributed by atoms with Crippen LogP contribution >= 0.6 is 15.9 Å². The number of H-pyrrole nitrogens is 1. The third-order valence-corrected chi connectivity index (χ3v) is 2.14. The summed E-state index contributed by atoms with van der Waals surface area (Å²) >= 11 is 3.21. The topological polar surface area (TPSA) is 66.0 Å². The number of nitrogens with zero attached hydrogens (tertiary/aromatic N) is 1.